The SMILES string of the molecule is CC(C)(C)[Si](C)(C)OCCN(C(=O)c1ccccc1)c1ccccc1. The maximum atomic E-state index is 13.0. The monoisotopic (exact) mass is 355 g/mol. The molecule has 2 rings (SSSR count). The fraction of sp³-hybridized carbons (Fsp3) is 0.381. The smallest absolute Gasteiger partial charge is 0.258 e. The summed E-state index contributed by atoms with van der Waals surface area (Å²) in [6.07, 6.45) is 0. The highest BCUT2D eigenvalue weighted by Crippen LogP contribution is 2.36. The Labute approximate surface area is 152 Å². The molecule has 0 heterocycles. The number of carbonyl (C=O) groups excluding carboxylic acids is 1. The maximum absolute atomic E-state index is 13.0. The van der Waals surface area contributed by atoms with Crippen LogP contribution in [0.15, 0.2) is 60.7 Å². The lowest BCUT2D eigenvalue weighted by Crippen LogP contribution is -2.43. The molecule has 0 fully saturated rings. The molecule has 0 saturated carbocycles. The van der Waals surface area contributed by atoms with Crippen molar-refractivity contribution in [1.82, 2.24) is 0 Å². The largest absolute Gasteiger partial charge is 0.415 e. The van der Waals surface area contributed by atoms with Crippen LogP contribution in [0.5, 0.6) is 0 Å². The van der Waals surface area contributed by atoms with E-state index < -0.39 is 8.32 Å². The first kappa shape index (κ1) is 19.4. The van der Waals surface area contributed by atoms with E-state index in [-0.39, 0.29) is 10.9 Å². The Hall–Kier alpha value is -1.91. The summed E-state index contributed by atoms with van der Waals surface area (Å²) >= 11 is 0. The molecule has 0 aliphatic carbocycles. The number of carbonyl (C=O) groups is 1. The van der Waals surface area contributed by atoms with Gasteiger partial charge in [0.1, 0.15) is 0 Å². The van der Waals surface area contributed by atoms with Gasteiger partial charge < -0.3 is 9.33 Å². The molecule has 0 saturated heterocycles. The van der Waals surface area contributed by atoms with E-state index in [1.54, 1.807) is 0 Å². The molecule has 0 aliphatic rings. The molecule has 1 amide bonds. The zero-order valence-corrected chi connectivity index (χ0v) is 17.0. The van der Waals surface area contributed by atoms with Crippen molar-refractivity contribution in [2.24, 2.45) is 0 Å². The lowest BCUT2D eigenvalue weighted by Gasteiger charge is -2.36. The first-order valence-electron chi connectivity index (χ1n) is 8.78. The van der Waals surface area contributed by atoms with Crippen molar-refractivity contribution in [3.05, 3.63) is 66.2 Å². The number of nitrogens with zero attached hydrogens (tertiary/aromatic N) is 1. The van der Waals surface area contributed by atoms with Crippen molar-refractivity contribution in [2.45, 2.75) is 38.9 Å². The van der Waals surface area contributed by atoms with Gasteiger partial charge in [0.05, 0.1) is 6.61 Å². The average molecular weight is 356 g/mol. The van der Waals surface area contributed by atoms with Gasteiger partial charge in [0.2, 0.25) is 0 Å². The van der Waals surface area contributed by atoms with Crippen LogP contribution < -0.4 is 4.90 Å². The van der Waals surface area contributed by atoms with Crippen LogP contribution in [0.3, 0.4) is 0 Å². The second-order valence-corrected chi connectivity index (χ2v) is 12.6. The molecule has 0 aromatic heterocycles. The number of rotatable bonds is 6. The highest BCUT2D eigenvalue weighted by molar-refractivity contribution is 6.74. The Bertz CT molecular complexity index is 678. The Kier molecular flexibility index (Phi) is 6.19. The summed E-state index contributed by atoms with van der Waals surface area (Å²) in [5.41, 5.74) is 1.59. The van der Waals surface area contributed by atoms with E-state index in [9.17, 15) is 4.79 Å². The molecule has 0 unspecified atom stereocenters. The van der Waals surface area contributed by atoms with Crippen molar-refractivity contribution in [3.63, 3.8) is 0 Å². The number of para-hydroxylation sites is 1. The Morgan fingerprint density at radius 3 is 2.00 bits per heavy atom. The molecule has 4 heteroatoms. The Balaban J connectivity index is 2.15. The minimum absolute atomic E-state index is 0.00521. The van der Waals surface area contributed by atoms with Gasteiger partial charge in [-0.25, -0.2) is 0 Å². The van der Waals surface area contributed by atoms with E-state index in [1.807, 2.05) is 65.6 Å². The van der Waals surface area contributed by atoms with E-state index in [4.69, 9.17) is 4.43 Å². The third kappa shape index (κ3) is 5.03. The quantitative estimate of drug-likeness (QED) is 0.653. The molecular weight excluding hydrogens is 326 g/mol. The third-order valence-corrected chi connectivity index (χ3v) is 9.46. The number of benzene rings is 2. The van der Waals surface area contributed by atoms with E-state index in [2.05, 4.69) is 33.9 Å². The molecular formula is C21H29NO2Si. The fourth-order valence-electron chi connectivity index (χ4n) is 2.30. The Morgan fingerprint density at radius 1 is 0.960 bits per heavy atom. The first-order valence-corrected chi connectivity index (χ1v) is 11.7. The minimum atomic E-state index is -1.82. The average Bonchev–Trinajstić information content (AvgIpc) is 2.59. The minimum Gasteiger partial charge on any atom is -0.415 e. The van der Waals surface area contributed by atoms with Crippen LogP contribution in [-0.2, 0) is 4.43 Å². The van der Waals surface area contributed by atoms with Gasteiger partial charge in [0, 0.05) is 17.8 Å². The molecule has 2 aromatic carbocycles. The van der Waals surface area contributed by atoms with Crippen LogP contribution in [0.25, 0.3) is 0 Å². The summed E-state index contributed by atoms with van der Waals surface area (Å²) in [6, 6.07) is 19.2. The van der Waals surface area contributed by atoms with Crippen LogP contribution in [-0.4, -0.2) is 27.4 Å². The van der Waals surface area contributed by atoms with Crippen LogP contribution >= 0.6 is 0 Å². The van der Waals surface area contributed by atoms with Crippen LogP contribution in [0.4, 0.5) is 5.69 Å². The fourth-order valence-corrected chi connectivity index (χ4v) is 3.34. The number of hydrogen-bond acceptors (Lipinski definition) is 2. The summed E-state index contributed by atoms with van der Waals surface area (Å²) in [4.78, 5) is 14.8. The zero-order valence-electron chi connectivity index (χ0n) is 16.0. The summed E-state index contributed by atoms with van der Waals surface area (Å²) in [7, 11) is -1.82. The van der Waals surface area contributed by atoms with Crippen LogP contribution in [0.2, 0.25) is 18.1 Å². The highest BCUT2D eigenvalue weighted by Gasteiger charge is 2.37. The summed E-state index contributed by atoms with van der Waals surface area (Å²) in [5, 5.41) is 0.161. The van der Waals surface area contributed by atoms with E-state index in [0.29, 0.717) is 18.7 Å². The molecule has 0 bridgehead atoms. The number of hydrogen-bond donors (Lipinski definition) is 0. The lowest BCUT2D eigenvalue weighted by molar-refractivity contribution is 0.0981. The van der Waals surface area contributed by atoms with Crippen molar-refractivity contribution in [3.8, 4) is 0 Å². The van der Waals surface area contributed by atoms with Crippen molar-refractivity contribution in [1.29, 1.82) is 0 Å². The van der Waals surface area contributed by atoms with Crippen LogP contribution in [0, 0.1) is 0 Å². The van der Waals surface area contributed by atoms with Gasteiger partial charge in [0.15, 0.2) is 8.32 Å². The predicted molar refractivity (Wildman–Crippen MR) is 108 cm³/mol. The molecule has 0 radical (unpaired) electrons. The van der Waals surface area contributed by atoms with Gasteiger partial charge >= 0.3 is 0 Å². The molecule has 134 valence electrons. The van der Waals surface area contributed by atoms with Crippen molar-refractivity contribution >= 4 is 19.9 Å². The molecule has 25 heavy (non-hydrogen) atoms. The normalized spacial score (nSPS) is 12.0. The van der Waals surface area contributed by atoms with Crippen molar-refractivity contribution < 1.29 is 9.22 Å². The van der Waals surface area contributed by atoms with E-state index >= 15 is 0 Å². The van der Waals surface area contributed by atoms with Gasteiger partial charge in [-0.3, -0.25) is 4.79 Å². The summed E-state index contributed by atoms with van der Waals surface area (Å²) < 4.78 is 6.28. The molecule has 0 aliphatic heterocycles. The standard InChI is InChI=1S/C21H29NO2Si/c1-21(2,3)25(4,5)24-17-16-22(19-14-10-7-11-15-19)20(23)18-12-8-6-9-13-18/h6-15H,16-17H2,1-5H3. The molecule has 3 nitrogen and oxygen atoms in total. The second-order valence-electron chi connectivity index (χ2n) is 7.77. The Morgan fingerprint density at radius 2 is 1.48 bits per heavy atom. The number of anilines is 1. The van der Waals surface area contributed by atoms with Gasteiger partial charge in [-0.15, -0.1) is 0 Å². The zero-order chi connectivity index (χ0) is 18.5. The lowest BCUT2D eigenvalue weighted by atomic mass is 10.2. The van der Waals surface area contributed by atoms with Gasteiger partial charge in [-0.05, 0) is 42.4 Å². The maximum Gasteiger partial charge on any atom is 0.258 e. The molecule has 0 atom stereocenters. The topological polar surface area (TPSA) is 29.5 Å². The number of amides is 1. The predicted octanol–water partition coefficient (Wildman–Crippen LogP) is 5.36. The first-order chi connectivity index (χ1) is 11.7. The van der Waals surface area contributed by atoms with Crippen molar-refractivity contribution in [2.75, 3.05) is 18.1 Å². The van der Waals surface area contributed by atoms with Gasteiger partial charge in [0.25, 0.3) is 5.91 Å². The second kappa shape index (κ2) is 7.98. The van der Waals surface area contributed by atoms with Gasteiger partial charge in [-0.1, -0.05) is 57.2 Å². The van der Waals surface area contributed by atoms with E-state index in [0.717, 1.165) is 5.69 Å². The van der Waals surface area contributed by atoms with E-state index in [1.165, 1.54) is 0 Å². The summed E-state index contributed by atoms with van der Waals surface area (Å²) in [6.45, 7) is 12.2. The molecule has 2 aromatic rings. The van der Waals surface area contributed by atoms with Crippen LogP contribution in [0.1, 0.15) is 31.1 Å². The summed E-state index contributed by atoms with van der Waals surface area (Å²) in [5.74, 6) is 0.00521. The highest BCUT2D eigenvalue weighted by atomic mass is 28.4. The molecule has 0 spiro atoms. The van der Waals surface area contributed by atoms with Gasteiger partial charge in [-0.2, -0.15) is 0 Å². The third-order valence-electron chi connectivity index (χ3n) is 4.92. The molecule has 0 N–H and O–H groups in total.